The lowest BCUT2D eigenvalue weighted by atomic mass is 9.99. The van der Waals surface area contributed by atoms with E-state index in [1.165, 1.54) is 135 Å². The van der Waals surface area contributed by atoms with Crippen molar-refractivity contribution >= 4 is 5.91 Å². The van der Waals surface area contributed by atoms with Crippen LogP contribution < -0.4 is 5.32 Å². The number of carbonyl (C=O) groups excluding carboxylic acids is 1. The molecule has 91 heavy (non-hydrogen) atoms. The second-order valence-electron chi connectivity index (χ2n) is 24.6. The van der Waals surface area contributed by atoms with Crippen LogP contribution in [0.1, 0.15) is 284 Å². The fourth-order valence-corrected chi connectivity index (χ4v) is 10.5. The Labute approximate surface area is 558 Å². The van der Waals surface area contributed by atoms with E-state index in [4.69, 9.17) is 9.47 Å². The van der Waals surface area contributed by atoms with E-state index in [9.17, 15) is 30.3 Å². The van der Waals surface area contributed by atoms with E-state index in [1.807, 2.05) is 6.08 Å². The van der Waals surface area contributed by atoms with E-state index in [-0.39, 0.29) is 18.9 Å². The first-order valence-corrected chi connectivity index (χ1v) is 36.9. The molecule has 6 N–H and O–H groups in total. The largest absolute Gasteiger partial charge is 0.394 e. The molecule has 0 aliphatic carbocycles. The monoisotopic (exact) mass is 1260 g/mol. The molecule has 0 radical (unpaired) electrons. The number of carbonyl (C=O) groups is 1. The van der Waals surface area contributed by atoms with E-state index in [2.05, 4.69) is 177 Å². The highest BCUT2D eigenvalue weighted by Crippen LogP contribution is 2.23. The zero-order valence-corrected chi connectivity index (χ0v) is 57.8. The van der Waals surface area contributed by atoms with E-state index < -0.39 is 49.5 Å². The number of rotatable bonds is 62. The molecule has 0 aromatic carbocycles. The minimum atomic E-state index is -1.59. The van der Waals surface area contributed by atoms with Gasteiger partial charge < -0.3 is 40.3 Å². The van der Waals surface area contributed by atoms with Crippen LogP contribution >= 0.6 is 0 Å². The predicted molar refractivity (Wildman–Crippen MR) is 391 cm³/mol. The van der Waals surface area contributed by atoms with Crippen molar-refractivity contribution in [3.63, 3.8) is 0 Å². The van der Waals surface area contributed by atoms with Gasteiger partial charge in [0.05, 0.1) is 25.4 Å². The number of hydrogen-bond acceptors (Lipinski definition) is 8. The molecular formula is C82H135NO8. The summed E-state index contributed by atoms with van der Waals surface area (Å²) in [6.07, 6.45) is 102. The lowest BCUT2D eigenvalue weighted by Crippen LogP contribution is -2.60. The van der Waals surface area contributed by atoms with Crippen LogP contribution in [-0.4, -0.2) is 87.5 Å². The van der Waals surface area contributed by atoms with Gasteiger partial charge in [0.25, 0.3) is 0 Å². The molecule has 516 valence electrons. The van der Waals surface area contributed by atoms with Crippen molar-refractivity contribution in [3.8, 4) is 0 Å². The van der Waals surface area contributed by atoms with E-state index in [1.54, 1.807) is 6.08 Å². The summed E-state index contributed by atoms with van der Waals surface area (Å²) in [5.74, 6) is -0.228. The zero-order valence-electron chi connectivity index (χ0n) is 57.8. The summed E-state index contributed by atoms with van der Waals surface area (Å²) < 4.78 is 11.3. The predicted octanol–water partition coefficient (Wildman–Crippen LogP) is 20.9. The van der Waals surface area contributed by atoms with Crippen LogP contribution in [-0.2, 0) is 14.3 Å². The van der Waals surface area contributed by atoms with E-state index in [0.717, 1.165) is 116 Å². The number of hydrogen-bond donors (Lipinski definition) is 6. The van der Waals surface area contributed by atoms with E-state index in [0.29, 0.717) is 12.8 Å². The number of ether oxygens (including phenoxy) is 2. The summed E-state index contributed by atoms with van der Waals surface area (Å²) in [7, 11) is 0. The van der Waals surface area contributed by atoms with Crippen LogP contribution in [0, 0.1) is 0 Å². The Morgan fingerprint density at radius 1 is 0.385 bits per heavy atom. The Morgan fingerprint density at radius 2 is 0.692 bits per heavy atom. The van der Waals surface area contributed by atoms with Crippen LogP contribution in [0.4, 0.5) is 0 Å². The Bertz CT molecular complexity index is 2050. The van der Waals surface area contributed by atoms with Crippen molar-refractivity contribution in [2.24, 2.45) is 0 Å². The van der Waals surface area contributed by atoms with Crippen molar-refractivity contribution in [1.29, 1.82) is 0 Å². The minimum absolute atomic E-state index is 0.228. The molecule has 1 heterocycles. The molecule has 0 bridgehead atoms. The maximum atomic E-state index is 13.1. The molecule has 9 heteroatoms. The van der Waals surface area contributed by atoms with Crippen molar-refractivity contribution in [2.75, 3.05) is 13.2 Å². The summed E-state index contributed by atoms with van der Waals surface area (Å²) in [4.78, 5) is 13.1. The quantitative estimate of drug-likeness (QED) is 0.0261. The lowest BCUT2D eigenvalue weighted by molar-refractivity contribution is -0.302. The van der Waals surface area contributed by atoms with Crippen LogP contribution in [0.15, 0.2) is 170 Å². The van der Waals surface area contributed by atoms with Gasteiger partial charge in [-0.25, -0.2) is 0 Å². The number of amides is 1. The van der Waals surface area contributed by atoms with Crippen molar-refractivity contribution in [3.05, 3.63) is 170 Å². The summed E-state index contributed by atoms with van der Waals surface area (Å²) in [5, 5.41) is 54.7. The molecular weight excluding hydrogens is 1130 g/mol. The highest BCUT2D eigenvalue weighted by Gasteiger charge is 2.44. The van der Waals surface area contributed by atoms with Gasteiger partial charge in [-0.3, -0.25) is 4.79 Å². The van der Waals surface area contributed by atoms with Gasteiger partial charge in [0.1, 0.15) is 24.4 Å². The zero-order chi connectivity index (χ0) is 65.7. The van der Waals surface area contributed by atoms with Crippen LogP contribution in [0.5, 0.6) is 0 Å². The smallest absolute Gasteiger partial charge is 0.220 e. The van der Waals surface area contributed by atoms with Crippen molar-refractivity contribution < 1.29 is 39.8 Å². The average Bonchev–Trinajstić information content (AvgIpc) is 1.70. The van der Waals surface area contributed by atoms with Gasteiger partial charge in [-0.1, -0.05) is 319 Å². The third-order valence-corrected chi connectivity index (χ3v) is 16.3. The maximum absolute atomic E-state index is 13.1. The molecule has 1 amide bonds. The molecule has 1 aliphatic heterocycles. The number of nitrogens with one attached hydrogen (secondary N) is 1. The Morgan fingerprint density at radius 3 is 1.05 bits per heavy atom. The molecule has 0 saturated carbocycles. The Balaban J connectivity index is 2.22. The highest BCUT2D eigenvalue weighted by molar-refractivity contribution is 5.76. The molecule has 1 aliphatic rings. The number of unbranched alkanes of at least 4 members (excludes halogenated alkanes) is 26. The maximum Gasteiger partial charge on any atom is 0.220 e. The fourth-order valence-electron chi connectivity index (χ4n) is 10.5. The number of aliphatic hydroxyl groups excluding tert-OH is 5. The topological polar surface area (TPSA) is 149 Å². The minimum Gasteiger partial charge on any atom is -0.394 e. The van der Waals surface area contributed by atoms with Crippen LogP contribution in [0.25, 0.3) is 0 Å². The molecule has 1 saturated heterocycles. The molecule has 0 aromatic heterocycles. The first-order valence-electron chi connectivity index (χ1n) is 36.9. The molecule has 0 aromatic rings. The molecule has 7 atom stereocenters. The van der Waals surface area contributed by atoms with Crippen molar-refractivity contribution in [2.45, 2.75) is 326 Å². The van der Waals surface area contributed by atoms with Gasteiger partial charge in [0, 0.05) is 6.42 Å². The van der Waals surface area contributed by atoms with Crippen LogP contribution in [0.3, 0.4) is 0 Å². The average molecular weight is 1260 g/mol. The molecule has 9 nitrogen and oxygen atoms in total. The van der Waals surface area contributed by atoms with Gasteiger partial charge in [-0.15, -0.1) is 0 Å². The Kier molecular flexibility index (Phi) is 63.6. The van der Waals surface area contributed by atoms with Crippen molar-refractivity contribution in [1.82, 2.24) is 5.32 Å². The third kappa shape index (κ3) is 56.8. The number of allylic oxidation sites excluding steroid dienone is 27. The fraction of sp³-hybridized carbons (Fsp3) is 0.646. The SMILES string of the molecule is CC/C=C\C/C=C\C/C=C\C/C=C\C/C=C\C/C=C\C/C=C\C/C=C\C/C=C\C/C=C\C/C=C\CCCCCC(=O)NC(COC1OC(CO)C(O)C(O)C1O)C(O)/C=C/CC/C=C/CC/C=C/CCCCCCCCCCCCCCCCCCCCCCC. The van der Waals surface area contributed by atoms with Gasteiger partial charge in [-0.05, 0) is 128 Å². The molecule has 1 fully saturated rings. The van der Waals surface area contributed by atoms with Gasteiger partial charge in [0.15, 0.2) is 6.29 Å². The first-order chi connectivity index (χ1) is 44.8. The van der Waals surface area contributed by atoms with E-state index >= 15 is 0 Å². The molecule has 7 unspecified atom stereocenters. The summed E-state index contributed by atoms with van der Waals surface area (Å²) in [6.45, 7) is 3.64. The van der Waals surface area contributed by atoms with Gasteiger partial charge in [0.2, 0.25) is 5.91 Å². The lowest BCUT2D eigenvalue weighted by Gasteiger charge is -2.40. The van der Waals surface area contributed by atoms with Gasteiger partial charge >= 0.3 is 0 Å². The number of aliphatic hydroxyl groups is 5. The summed E-state index contributed by atoms with van der Waals surface area (Å²) in [5.41, 5.74) is 0. The Hall–Kier alpha value is -4.45. The second kappa shape index (κ2) is 68.4. The van der Waals surface area contributed by atoms with Crippen LogP contribution in [0.2, 0.25) is 0 Å². The molecule has 0 spiro atoms. The standard InChI is InChI=1S/C82H135NO8/c1-3-5-7-9-11-13-15-17-19-21-23-25-27-29-31-33-35-36-37-38-39-40-42-44-46-48-50-52-54-56-58-60-62-64-66-68-70-72-78(86)83-75(74-90-82-81(89)80(88)79(87)77(73-84)91-82)76(85)71-69-67-65-63-61-59-57-55-53-51-49-47-45-43-41-34-32-30-28-26-24-22-20-18-16-14-12-10-8-6-4-2/h5,7,11,13,17,19,23,25,29,31,35-36,38-39,42,44,48,50,53-56,60-63,69,71,75-77,79-82,84-85,87-89H,3-4,6,8-10,12,14-16,18,20-22,24,26-28,30,32-34,37,40-41,43,45-47,49,51-52,57-59,64-68,70,72-74H2,1-2H3,(H,83,86)/b7-5-,13-11-,19-17-,25-23-,31-29-,36-35-,39-38-,44-42-,50-48-,55-53+,56-54-,62-60-,63-61+,71-69+. The van der Waals surface area contributed by atoms with Gasteiger partial charge in [-0.2, -0.15) is 0 Å². The summed E-state index contributed by atoms with van der Waals surface area (Å²) >= 11 is 0. The highest BCUT2D eigenvalue weighted by atomic mass is 16.7. The third-order valence-electron chi connectivity index (χ3n) is 16.3. The normalized spacial score (nSPS) is 18.8. The molecule has 1 rings (SSSR count). The second-order valence-corrected chi connectivity index (χ2v) is 24.6. The summed E-state index contributed by atoms with van der Waals surface area (Å²) in [6, 6.07) is -0.862. The first kappa shape index (κ1) is 84.6.